The molecule has 0 radical (unpaired) electrons. The lowest BCUT2D eigenvalue weighted by molar-refractivity contribution is -0.385. The van der Waals surface area contributed by atoms with Crippen molar-refractivity contribution in [3.63, 3.8) is 0 Å². The molecule has 21 heavy (non-hydrogen) atoms. The van der Waals surface area contributed by atoms with Crippen molar-refractivity contribution in [2.75, 3.05) is 18.5 Å². The van der Waals surface area contributed by atoms with E-state index < -0.39 is 22.2 Å². The van der Waals surface area contributed by atoms with E-state index in [1.54, 1.807) is 11.9 Å². The Hall–Kier alpha value is -2.15. The van der Waals surface area contributed by atoms with Crippen molar-refractivity contribution in [3.8, 4) is 0 Å². The van der Waals surface area contributed by atoms with Gasteiger partial charge in [-0.2, -0.15) is 0 Å². The standard InChI is InChI=1S/C14H18N2O5/c1-15(9-14(19)6-2-3-7-14)10-4-5-11(13(17)18)12(8-10)16(20)21/h4-5,8,19H,2-3,6-7,9H2,1H3,(H,17,18). The monoisotopic (exact) mass is 294 g/mol. The maximum atomic E-state index is 11.0. The van der Waals surface area contributed by atoms with E-state index in [4.69, 9.17) is 5.11 Å². The third-order valence-electron chi connectivity index (χ3n) is 3.91. The number of anilines is 1. The quantitative estimate of drug-likeness (QED) is 0.636. The van der Waals surface area contributed by atoms with E-state index >= 15 is 0 Å². The number of nitro benzene ring substituents is 1. The number of benzene rings is 1. The molecule has 1 aliphatic carbocycles. The van der Waals surface area contributed by atoms with Gasteiger partial charge < -0.3 is 15.1 Å². The number of nitro groups is 1. The smallest absolute Gasteiger partial charge is 0.342 e. The van der Waals surface area contributed by atoms with Crippen LogP contribution in [-0.2, 0) is 0 Å². The number of nitrogens with zero attached hydrogens (tertiary/aromatic N) is 2. The van der Waals surface area contributed by atoms with E-state index in [0.717, 1.165) is 12.8 Å². The summed E-state index contributed by atoms with van der Waals surface area (Å²) in [4.78, 5) is 23.0. The maximum Gasteiger partial charge on any atom is 0.342 e. The number of carbonyl (C=O) groups is 1. The lowest BCUT2D eigenvalue weighted by Crippen LogP contribution is -2.39. The molecular formula is C14H18N2O5. The second kappa shape index (κ2) is 5.69. The van der Waals surface area contributed by atoms with E-state index in [2.05, 4.69) is 0 Å². The first-order valence-electron chi connectivity index (χ1n) is 6.78. The normalized spacial score (nSPS) is 16.7. The molecule has 0 spiro atoms. The van der Waals surface area contributed by atoms with E-state index in [9.17, 15) is 20.0 Å². The molecule has 1 aromatic carbocycles. The van der Waals surface area contributed by atoms with Crippen molar-refractivity contribution < 1.29 is 19.9 Å². The first-order chi connectivity index (χ1) is 9.82. The van der Waals surface area contributed by atoms with Crippen LogP contribution in [0.15, 0.2) is 18.2 Å². The number of aromatic carboxylic acids is 1. The number of rotatable bonds is 5. The molecule has 0 aliphatic heterocycles. The summed E-state index contributed by atoms with van der Waals surface area (Å²) >= 11 is 0. The van der Waals surface area contributed by atoms with Crippen LogP contribution in [0, 0.1) is 10.1 Å². The summed E-state index contributed by atoms with van der Waals surface area (Å²) in [5.41, 5.74) is -1.02. The van der Waals surface area contributed by atoms with Crippen LogP contribution in [0.4, 0.5) is 11.4 Å². The molecule has 114 valence electrons. The van der Waals surface area contributed by atoms with E-state index in [0.29, 0.717) is 25.1 Å². The molecule has 2 rings (SSSR count). The zero-order chi connectivity index (χ0) is 15.6. The molecule has 0 saturated heterocycles. The van der Waals surface area contributed by atoms with Crippen LogP contribution in [-0.4, -0.2) is 40.3 Å². The van der Waals surface area contributed by atoms with E-state index in [1.807, 2.05) is 0 Å². The lowest BCUT2D eigenvalue weighted by Gasteiger charge is -2.30. The molecule has 0 unspecified atom stereocenters. The summed E-state index contributed by atoms with van der Waals surface area (Å²) < 4.78 is 0. The van der Waals surface area contributed by atoms with Gasteiger partial charge in [-0.3, -0.25) is 10.1 Å². The molecule has 0 bridgehead atoms. The zero-order valence-corrected chi connectivity index (χ0v) is 11.8. The van der Waals surface area contributed by atoms with Crippen molar-refractivity contribution >= 4 is 17.3 Å². The van der Waals surface area contributed by atoms with E-state index in [1.165, 1.54) is 18.2 Å². The molecule has 2 N–H and O–H groups in total. The molecule has 1 fully saturated rings. The minimum Gasteiger partial charge on any atom is -0.477 e. The fraction of sp³-hybridized carbons (Fsp3) is 0.500. The number of carboxylic acid groups (broad SMARTS) is 1. The second-order valence-electron chi connectivity index (χ2n) is 5.55. The van der Waals surface area contributed by atoms with E-state index in [-0.39, 0.29) is 5.56 Å². The van der Waals surface area contributed by atoms with Crippen LogP contribution in [0.3, 0.4) is 0 Å². The zero-order valence-electron chi connectivity index (χ0n) is 11.8. The third-order valence-corrected chi connectivity index (χ3v) is 3.91. The van der Waals surface area contributed by atoms with Crippen molar-refractivity contribution in [2.45, 2.75) is 31.3 Å². The Bertz CT molecular complexity index is 566. The molecule has 0 atom stereocenters. The minimum atomic E-state index is -1.33. The van der Waals surface area contributed by atoms with Gasteiger partial charge >= 0.3 is 5.97 Å². The van der Waals surface area contributed by atoms with Gasteiger partial charge in [0.25, 0.3) is 5.69 Å². The highest BCUT2D eigenvalue weighted by Gasteiger charge is 2.32. The average Bonchev–Trinajstić information content (AvgIpc) is 2.84. The number of hydrogen-bond acceptors (Lipinski definition) is 5. The van der Waals surface area contributed by atoms with Gasteiger partial charge in [0.05, 0.1) is 10.5 Å². The van der Waals surface area contributed by atoms with Crippen LogP contribution in [0.5, 0.6) is 0 Å². The summed E-state index contributed by atoms with van der Waals surface area (Å²) in [6.07, 6.45) is 3.38. The summed E-state index contributed by atoms with van der Waals surface area (Å²) in [6, 6.07) is 3.99. The molecule has 1 saturated carbocycles. The Labute approximate surface area is 122 Å². The van der Waals surface area contributed by atoms with Crippen LogP contribution < -0.4 is 4.90 Å². The summed E-state index contributed by atoms with van der Waals surface area (Å²) in [7, 11) is 1.73. The highest BCUT2D eigenvalue weighted by molar-refractivity contribution is 5.93. The molecule has 0 heterocycles. The number of likely N-dealkylation sites (N-methyl/N-ethyl adjacent to an activating group) is 1. The second-order valence-corrected chi connectivity index (χ2v) is 5.55. The van der Waals surface area contributed by atoms with Gasteiger partial charge in [-0.15, -0.1) is 0 Å². The van der Waals surface area contributed by atoms with Gasteiger partial charge in [-0.05, 0) is 25.0 Å². The summed E-state index contributed by atoms with van der Waals surface area (Å²) in [6.45, 7) is 0.372. The highest BCUT2D eigenvalue weighted by Crippen LogP contribution is 2.32. The minimum absolute atomic E-state index is 0.336. The topological polar surface area (TPSA) is 104 Å². The lowest BCUT2D eigenvalue weighted by atomic mass is 10.0. The van der Waals surface area contributed by atoms with Crippen LogP contribution >= 0.6 is 0 Å². The predicted molar refractivity (Wildman–Crippen MR) is 76.7 cm³/mol. The molecule has 7 nitrogen and oxygen atoms in total. The summed E-state index contributed by atoms with van der Waals surface area (Å²) in [5.74, 6) is -1.33. The molecule has 1 aliphatic rings. The Morgan fingerprint density at radius 2 is 2.05 bits per heavy atom. The van der Waals surface area contributed by atoms with Gasteiger partial charge in [0.15, 0.2) is 0 Å². The molecule has 1 aromatic rings. The average molecular weight is 294 g/mol. The van der Waals surface area contributed by atoms with Gasteiger partial charge in [-0.25, -0.2) is 4.79 Å². The first-order valence-corrected chi connectivity index (χ1v) is 6.78. The van der Waals surface area contributed by atoms with Crippen molar-refractivity contribution in [1.29, 1.82) is 0 Å². The first kappa shape index (κ1) is 15.2. The summed E-state index contributed by atoms with van der Waals surface area (Å²) in [5, 5.41) is 30.3. The fourth-order valence-electron chi connectivity index (χ4n) is 2.81. The molecule has 0 amide bonds. The largest absolute Gasteiger partial charge is 0.477 e. The number of aliphatic hydroxyl groups is 1. The predicted octanol–water partition coefficient (Wildman–Crippen LogP) is 2.03. The molecular weight excluding hydrogens is 276 g/mol. The van der Waals surface area contributed by atoms with Gasteiger partial charge in [0.1, 0.15) is 5.56 Å². The Kier molecular flexibility index (Phi) is 4.13. The van der Waals surface area contributed by atoms with Crippen molar-refractivity contribution in [3.05, 3.63) is 33.9 Å². The van der Waals surface area contributed by atoms with Gasteiger partial charge in [0.2, 0.25) is 0 Å². The molecule has 7 heteroatoms. The SMILES string of the molecule is CN(CC1(O)CCCC1)c1ccc(C(=O)O)c([N+](=O)[O-])c1. The van der Waals surface area contributed by atoms with Gasteiger partial charge in [-0.1, -0.05) is 12.8 Å². The maximum absolute atomic E-state index is 11.0. The Balaban J connectivity index is 2.25. The number of hydrogen-bond donors (Lipinski definition) is 2. The number of carboxylic acids is 1. The van der Waals surface area contributed by atoms with Crippen LogP contribution in [0.2, 0.25) is 0 Å². The van der Waals surface area contributed by atoms with Crippen LogP contribution in [0.1, 0.15) is 36.0 Å². The highest BCUT2D eigenvalue weighted by atomic mass is 16.6. The van der Waals surface area contributed by atoms with Crippen LogP contribution in [0.25, 0.3) is 0 Å². The fourth-order valence-corrected chi connectivity index (χ4v) is 2.81. The Morgan fingerprint density at radius 3 is 2.57 bits per heavy atom. The van der Waals surface area contributed by atoms with Gasteiger partial charge in [0, 0.05) is 25.3 Å². The van der Waals surface area contributed by atoms with Crippen molar-refractivity contribution in [1.82, 2.24) is 0 Å². The third kappa shape index (κ3) is 3.30. The van der Waals surface area contributed by atoms with Crippen molar-refractivity contribution in [2.24, 2.45) is 0 Å². The molecule has 0 aromatic heterocycles. The Morgan fingerprint density at radius 1 is 1.43 bits per heavy atom.